The minimum absolute atomic E-state index is 0.162. The van der Waals surface area contributed by atoms with Gasteiger partial charge in [-0.05, 0) is 55.1 Å². The average Bonchev–Trinajstić information content (AvgIpc) is 3.13. The number of carbonyl (C=O) groups excluding carboxylic acids is 1. The minimum Gasteiger partial charge on any atom is -0.488 e. The SMILES string of the molecule is C[C@H]1CC[C@H]2C(C)(C)[C@@H](O)CC[C@]23Oc2c(c(OCc4ccccc4)cc4c2C(O)NC4=O)C[C@]13C. The molecule has 0 aromatic heterocycles. The third kappa shape index (κ3) is 3.13. The highest BCUT2D eigenvalue weighted by Crippen LogP contribution is 2.67. The predicted molar refractivity (Wildman–Crippen MR) is 136 cm³/mol. The summed E-state index contributed by atoms with van der Waals surface area (Å²) < 4.78 is 13.6. The van der Waals surface area contributed by atoms with E-state index in [1.54, 1.807) is 6.07 Å². The summed E-state index contributed by atoms with van der Waals surface area (Å²) in [4.78, 5) is 12.8. The van der Waals surface area contributed by atoms with Crippen LogP contribution >= 0.6 is 0 Å². The molecule has 2 fully saturated rings. The summed E-state index contributed by atoms with van der Waals surface area (Å²) in [7, 11) is 0. The quantitative estimate of drug-likeness (QED) is 0.568. The molecule has 2 heterocycles. The van der Waals surface area contributed by atoms with Crippen LogP contribution in [-0.2, 0) is 13.0 Å². The summed E-state index contributed by atoms with van der Waals surface area (Å²) in [5.41, 5.74) is 1.96. The van der Waals surface area contributed by atoms with Crippen molar-refractivity contribution in [3.8, 4) is 11.5 Å². The lowest BCUT2D eigenvalue weighted by molar-refractivity contribution is -0.234. The van der Waals surface area contributed by atoms with Crippen molar-refractivity contribution in [2.75, 3.05) is 0 Å². The van der Waals surface area contributed by atoms with Gasteiger partial charge in [-0.15, -0.1) is 0 Å². The highest BCUT2D eigenvalue weighted by atomic mass is 16.5. The van der Waals surface area contributed by atoms with Crippen molar-refractivity contribution in [2.24, 2.45) is 22.7 Å². The van der Waals surface area contributed by atoms with Crippen LogP contribution in [0.4, 0.5) is 0 Å². The van der Waals surface area contributed by atoms with Gasteiger partial charge >= 0.3 is 0 Å². The molecule has 0 radical (unpaired) electrons. The van der Waals surface area contributed by atoms with Gasteiger partial charge in [-0.25, -0.2) is 0 Å². The zero-order valence-electron chi connectivity index (χ0n) is 21.6. The summed E-state index contributed by atoms with van der Waals surface area (Å²) >= 11 is 0. The third-order valence-electron chi connectivity index (χ3n) is 10.3. The van der Waals surface area contributed by atoms with Gasteiger partial charge in [0.15, 0.2) is 6.23 Å². The Bertz CT molecular complexity index is 1210. The van der Waals surface area contributed by atoms with Crippen molar-refractivity contribution in [3.05, 3.63) is 58.7 Å². The number of aliphatic hydroxyl groups is 2. The Hall–Kier alpha value is -2.57. The first-order chi connectivity index (χ1) is 17.1. The van der Waals surface area contributed by atoms with Crippen LogP contribution in [0.25, 0.3) is 0 Å². The Morgan fingerprint density at radius 3 is 2.61 bits per heavy atom. The summed E-state index contributed by atoms with van der Waals surface area (Å²) in [6.07, 6.45) is 2.75. The molecule has 2 aliphatic carbocycles. The molecular formula is C30H37NO5. The Morgan fingerprint density at radius 1 is 1.11 bits per heavy atom. The van der Waals surface area contributed by atoms with E-state index in [2.05, 4.69) is 33.0 Å². The maximum Gasteiger partial charge on any atom is 0.254 e. The fourth-order valence-electron chi connectivity index (χ4n) is 7.86. The summed E-state index contributed by atoms with van der Waals surface area (Å²) in [6, 6.07) is 11.8. The molecule has 2 aliphatic heterocycles. The molecular weight excluding hydrogens is 454 g/mol. The molecule has 6 rings (SSSR count). The second-order valence-electron chi connectivity index (χ2n) is 12.3. The number of rotatable bonds is 3. The lowest BCUT2D eigenvalue weighted by atomic mass is 9.43. The maximum absolute atomic E-state index is 12.8. The molecule has 0 saturated heterocycles. The van der Waals surface area contributed by atoms with E-state index < -0.39 is 11.8 Å². The molecule has 6 atom stereocenters. The number of ether oxygens (including phenoxy) is 2. The summed E-state index contributed by atoms with van der Waals surface area (Å²) in [5, 5.41) is 24.5. The number of fused-ring (bicyclic) bond motifs is 3. The third-order valence-corrected chi connectivity index (χ3v) is 10.3. The summed E-state index contributed by atoms with van der Waals surface area (Å²) in [6.45, 7) is 9.39. The Balaban J connectivity index is 1.51. The van der Waals surface area contributed by atoms with Crippen LogP contribution in [0, 0.1) is 22.7 Å². The number of benzene rings is 2. The fourth-order valence-corrected chi connectivity index (χ4v) is 7.86. The first-order valence-corrected chi connectivity index (χ1v) is 13.3. The molecule has 1 amide bonds. The highest BCUT2D eigenvalue weighted by Gasteiger charge is 2.68. The van der Waals surface area contributed by atoms with Gasteiger partial charge in [0.05, 0.1) is 17.2 Å². The van der Waals surface area contributed by atoms with Crippen LogP contribution in [0.15, 0.2) is 36.4 Å². The van der Waals surface area contributed by atoms with Gasteiger partial charge in [0.1, 0.15) is 23.7 Å². The van der Waals surface area contributed by atoms with Gasteiger partial charge in [0.2, 0.25) is 0 Å². The molecule has 192 valence electrons. The number of hydrogen-bond donors (Lipinski definition) is 3. The molecule has 6 heteroatoms. The normalized spacial score (nSPS) is 36.0. The first-order valence-electron chi connectivity index (χ1n) is 13.3. The van der Waals surface area contributed by atoms with E-state index in [1.165, 1.54) is 0 Å². The monoisotopic (exact) mass is 491 g/mol. The molecule has 36 heavy (non-hydrogen) atoms. The Labute approximate surface area is 213 Å². The van der Waals surface area contributed by atoms with Crippen molar-refractivity contribution in [1.29, 1.82) is 0 Å². The highest BCUT2D eigenvalue weighted by molar-refractivity contribution is 6.00. The van der Waals surface area contributed by atoms with Crippen LogP contribution in [0.1, 0.15) is 86.7 Å². The molecule has 1 spiro atoms. The predicted octanol–water partition coefficient (Wildman–Crippen LogP) is 4.91. The fraction of sp³-hybridized carbons (Fsp3) is 0.567. The second-order valence-corrected chi connectivity index (χ2v) is 12.3. The topological polar surface area (TPSA) is 88.0 Å². The number of amides is 1. The zero-order chi connectivity index (χ0) is 25.5. The number of aliphatic hydroxyl groups excluding tert-OH is 2. The molecule has 4 aliphatic rings. The molecule has 0 bridgehead atoms. The number of hydrogen-bond acceptors (Lipinski definition) is 5. The lowest BCUT2D eigenvalue weighted by Gasteiger charge is -2.67. The molecule has 3 N–H and O–H groups in total. The van der Waals surface area contributed by atoms with E-state index in [0.717, 1.165) is 36.8 Å². The Morgan fingerprint density at radius 2 is 1.86 bits per heavy atom. The molecule has 6 nitrogen and oxygen atoms in total. The maximum atomic E-state index is 12.8. The van der Waals surface area contributed by atoms with Crippen LogP contribution in [0.3, 0.4) is 0 Å². The first kappa shape index (κ1) is 23.8. The van der Waals surface area contributed by atoms with E-state index >= 15 is 0 Å². The van der Waals surface area contributed by atoms with Crippen molar-refractivity contribution in [1.82, 2.24) is 5.32 Å². The minimum atomic E-state index is -1.10. The van der Waals surface area contributed by atoms with E-state index in [9.17, 15) is 15.0 Å². The summed E-state index contributed by atoms with van der Waals surface area (Å²) in [5.74, 6) is 1.51. The standard InChI is InChI=1S/C30H37NO5/c1-17-10-11-22-28(2,3)23(32)12-13-30(22)29(17,4)15-20-21(35-16-18-8-6-5-7-9-18)14-19-24(25(20)36-30)27(34)31-26(19)33/h5-9,14,17,22-23,27,32,34H,10-13,15-16H2,1-4H3,(H,31,33)/t17-,22-,23-,27?,29+,30-/m0/s1. The number of carbonyl (C=O) groups is 1. The van der Waals surface area contributed by atoms with E-state index in [0.29, 0.717) is 41.6 Å². The van der Waals surface area contributed by atoms with Gasteiger partial charge in [0.25, 0.3) is 5.91 Å². The molecule has 2 aromatic rings. The second kappa shape index (κ2) is 7.96. The van der Waals surface area contributed by atoms with Gasteiger partial charge < -0.3 is 25.0 Å². The van der Waals surface area contributed by atoms with Crippen LogP contribution in [0.2, 0.25) is 0 Å². The zero-order valence-corrected chi connectivity index (χ0v) is 21.6. The van der Waals surface area contributed by atoms with Gasteiger partial charge in [-0.1, -0.05) is 58.0 Å². The lowest BCUT2D eigenvalue weighted by Crippen LogP contribution is -2.70. The van der Waals surface area contributed by atoms with Gasteiger partial charge in [-0.2, -0.15) is 0 Å². The van der Waals surface area contributed by atoms with E-state index in [4.69, 9.17) is 9.47 Å². The largest absolute Gasteiger partial charge is 0.488 e. The molecule has 2 aromatic carbocycles. The number of nitrogens with one attached hydrogen (secondary N) is 1. The smallest absolute Gasteiger partial charge is 0.254 e. The van der Waals surface area contributed by atoms with Crippen molar-refractivity contribution in [3.63, 3.8) is 0 Å². The van der Waals surface area contributed by atoms with Crippen LogP contribution in [-0.4, -0.2) is 27.8 Å². The Kier molecular flexibility index (Phi) is 5.27. The molecule has 2 saturated carbocycles. The van der Waals surface area contributed by atoms with Crippen molar-refractivity contribution < 1.29 is 24.5 Å². The van der Waals surface area contributed by atoms with Crippen LogP contribution < -0.4 is 14.8 Å². The van der Waals surface area contributed by atoms with E-state index in [-0.39, 0.29) is 28.8 Å². The van der Waals surface area contributed by atoms with Gasteiger partial charge in [0, 0.05) is 16.9 Å². The van der Waals surface area contributed by atoms with E-state index in [1.807, 2.05) is 30.3 Å². The van der Waals surface area contributed by atoms with Crippen molar-refractivity contribution in [2.45, 2.75) is 84.3 Å². The van der Waals surface area contributed by atoms with Crippen molar-refractivity contribution >= 4 is 5.91 Å². The average molecular weight is 492 g/mol. The van der Waals surface area contributed by atoms with Gasteiger partial charge in [-0.3, -0.25) is 4.79 Å². The van der Waals surface area contributed by atoms with Crippen LogP contribution in [0.5, 0.6) is 11.5 Å². The molecule has 1 unspecified atom stereocenters.